The van der Waals surface area contributed by atoms with Crippen LogP contribution in [0.2, 0.25) is 0 Å². The molecule has 1 aromatic carbocycles. The fourth-order valence-corrected chi connectivity index (χ4v) is 2.82. The zero-order valence-corrected chi connectivity index (χ0v) is 11.9. The Balaban J connectivity index is 2.03. The second-order valence-corrected chi connectivity index (χ2v) is 5.49. The molecule has 3 heteroatoms. The minimum atomic E-state index is -0.172. The summed E-state index contributed by atoms with van der Waals surface area (Å²) < 4.78 is 0. The number of rotatable bonds is 4. The first-order valence-electron chi connectivity index (χ1n) is 7.24. The molecular weight excluding hydrogens is 236 g/mol. The molecular formula is C16H24N2O. The summed E-state index contributed by atoms with van der Waals surface area (Å²) in [6, 6.07) is 10.2. The predicted molar refractivity (Wildman–Crippen MR) is 77.8 cm³/mol. The van der Waals surface area contributed by atoms with Gasteiger partial charge in [0.15, 0.2) is 0 Å². The van der Waals surface area contributed by atoms with Crippen LogP contribution in [0, 0.1) is 5.41 Å². The van der Waals surface area contributed by atoms with Crippen molar-refractivity contribution in [2.45, 2.75) is 39.2 Å². The van der Waals surface area contributed by atoms with Gasteiger partial charge < -0.3 is 10.6 Å². The van der Waals surface area contributed by atoms with Crippen molar-refractivity contribution in [1.29, 1.82) is 0 Å². The first-order chi connectivity index (χ1) is 9.18. The van der Waals surface area contributed by atoms with E-state index in [1.54, 1.807) is 0 Å². The van der Waals surface area contributed by atoms with Crippen molar-refractivity contribution >= 4 is 5.91 Å². The number of piperidine rings is 1. The maximum absolute atomic E-state index is 12.6. The van der Waals surface area contributed by atoms with Gasteiger partial charge in [-0.1, -0.05) is 37.3 Å². The van der Waals surface area contributed by atoms with E-state index in [-0.39, 0.29) is 17.4 Å². The largest absolute Gasteiger partial charge is 0.349 e. The Morgan fingerprint density at radius 2 is 1.95 bits per heavy atom. The van der Waals surface area contributed by atoms with Crippen LogP contribution in [0.25, 0.3) is 0 Å². The molecule has 0 saturated carbocycles. The van der Waals surface area contributed by atoms with Crippen molar-refractivity contribution in [3.8, 4) is 0 Å². The number of nitrogens with one attached hydrogen (secondary N) is 2. The Hall–Kier alpha value is -1.35. The van der Waals surface area contributed by atoms with Crippen molar-refractivity contribution < 1.29 is 4.79 Å². The van der Waals surface area contributed by atoms with E-state index < -0.39 is 0 Å². The highest BCUT2D eigenvalue weighted by Crippen LogP contribution is 2.33. The summed E-state index contributed by atoms with van der Waals surface area (Å²) in [6.07, 6.45) is 2.80. The van der Waals surface area contributed by atoms with Crippen LogP contribution in [-0.2, 0) is 4.79 Å². The van der Waals surface area contributed by atoms with Gasteiger partial charge in [0.2, 0.25) is 5.91 Å². The normalized spacial score (nSPS) is 19.7. The smallest absolute Gasteiger partial charge is 0.226 e. The van der Waals surface area contributed by atoms with Gasteiger partial charge in [0.05, 0.1) is 11.5 Å². The molecule has 0 spiro atoms. The average molecular weight is 260 g/mol. The van der Waals surface area contributed by atoms with Crippen molar-refractivity contribution in [3.05, 3.63) is 35.9 Å². The summed E-state index contributed by atoms with van der Waals surface area (Å²) in [5.41, 5.74) is 0.991. The molecule has 19 heavy (non-hydrogen) atoms. The van der Waals surface area contributed by atoms with Gasteiger partial charge in [-0.15, -0.1) is 0 Å². The van der Waals surface area contributed by atoms with E-state index in [1.165, 1.54) is 0 Å². The lowest BCUT2D eigenvalue weighted by Gasteiger charge is -2.36. The molecule has 2 N–H and O–H groups in total. The molecule has 0 bridgehead atoms. The van der Waals surface area contributed by atoms with Crippen LogP contribution in [0.5, 0.6) is 0 Å². The summed E-state index contributed by atoms with van der Waals surface area (Å²) in [4.78, 5) is 12.6. The van der Waals surface area contributed by atoms with Crippen LogP contribution in [-0.4, -0.2) is 19.0 Å². The van der Waals surface area contributed by atoms with Crippen molar-refractivity contribution in [3.63, 3.8) is 0 Å². The Labute approximate surface area is 115 Å². The summed E-state index contributed by atoms with van der Waals surface area (Å²) in [7, 11) is 0. The van der Waals surface area contributed by atoms with E-state index in [0.29, 0.717) is 0 Å². The third kappa shape index (κ3) is 3.16. The molecule has 0 aromatic heterocycles. The van der Waals surface area contributed by atoms with Crippen LogP contribution < -0.4 is 10.6 Å². The highest BCUT2D eigenvalue weighted by Gasteiger charge is 2.38. The lowest BCUT2D eigenvalue weighted by molar-refractivity contribution is -0.133. The standard InChI is InChI=1S/C16H24N2O/c1-3-16(9-11-17-12-10-16)15(19)18-13(2)14-7-5-4-6-8-14/h4-8,13,17H,3,9-12H2,1-2H3,(H,18,19)/t13-/m0/s1. The van der Waals surface area contributed by atoms with E-state index in [0.717, 1.165) is 37.9 Å². The van der Waals surface area contributed by atoms with Crippen molar-refractivity contribution in [2.75, 3.05) is 13.1 Å². The third-order valence-corrected chi connectivity index (χ3v) is 4.37. The van der Waals surface area contributed by atoms with Gasteiger partial charge in [-0.05, 0) is 44.8 Å². The molecule has 1 aromatic rings. The monoisotopic (exact) mass is 260 g/mol. The van der Waals surface area contributed by atoms with Gasteiger partial charge >= 0.3 is 0 Å². The SMILES string of the molecule is CCC1(C(=O)N[C@@H](C)c2ccccc2)CCNCC1. The number of hydrogen-bond donors (Lipinski definition) is 2. The van der Waals surface area contributed by atoms with Gasteiger partial charge in [-0.3, -0.25) is 4.79 Å². The van der Waals surface area contributed by atoms with Gasteiger partial charge in [0, 0.05) is 0 Å². The minimum Gasteiger partial charge on any atom is -0.349 e. The molecule has 2 rings (SSSR count). The van der Waals surface area contributed by atoms with Crippen molar-refractivity contribution in [2.24, 2.45) is 5.41 Å². The summed E-state index contributed by atoms with van der Waals surface area (Å²) >= 11 is 0. The highest BCUT2D eigenvalue weighted by atomic mass is 16.2. The van der Waals surface area contributed by atoms with E-state index in [4.69, 9.17) is 0 Å². The number of amides is 1. The average Bonchev–Trinajstić information content (AvgIpc) is 2.48. The number of hydrogen-bond acceptors (Lipinski definition) is 2. The van der Waals surface area contributed by atoms with Crippen LogP contribution in [0.4, 0.5) is 0 Å². The van der Waals surface area contributed by atoms with E-state index in [1.807, 2.05) is 18.2 Å². The maximum atomic E-state index is 12.6. The summed E-state index contributed by atoms with van der Waals surface area (Å²) in [5, 5.41) is 6.52. The molecule has 0 aliphatic carbocycles. The van der Waals surface area contributed by atoms with Gasteiger partial charge in [0.25, 0.3) is 0 Å². The molecule has 1 saturated heterocycles. The summed E-state index contributed by atoms with van der Waals surface area (Å²) in [5.74, 6) is 0.216. The number of carbonyl (C=O) groups is 1. The first-order valence-corrected chi connectivity index (χ1v) is 7.24. The fraction of sp³-hybridized carbons (Fsp3) is 0.562. The first kappa shape index (κ1) is 14.1. The van der Waals surface area contributed by atoms with E-state index in [2.05, 4.69) is 36.6 Å². The van der Waals surface area contributed by atoms with Gasteiger partial charge in [-0.2, -0.15) is 0 Å². The molecule has 104 valence electrons. The van der Waals surface area contributed by atoms with Crippen LogP contribution in [0.1, 0.15) is 44.7 Å². The van der Waals surface area contributed by atoms with Gasteiger partial charge in [0.1, 0.15) is 0 Å². The predicted octanol–water partition coefficient (Wildman–Crippen LogP) is 2.64. The molecule has 1 aliphatic heterocycles. The second kappa shape index (κ2) is 6.20. The number of carbonyl (C=O) groups excluding carboxylic acids is 1. The second-order valence-electron chi connectivity index (χ2n) is 5.49. The lowest BCUT2D eigenvalue weighted by atomic mass is 9.75. The molecule has 3 nitrogen and oxygen atoms in total. The maximum Gasteiger partial charge on any atom is 0.226 e. The van der Waals surface area contributed by atoms with Crippen LogP contribution >= 0.6 is 0 Å². The minimum absolute atomic E-state index is 0.0759. The highest BCUT2D eigenvalue weighted by molar-refractivity contribution is 5.83. The molecule has 0 unspecified atom stereocenters. The summed E-state index contributed by atoms with van der Waals surface area (Å²) in [6.45, 7) is 6.07. The van der Waals surface area contributed by atoms with E-state index in [9.17, 15) is 4.79 Å². The third-order valence-electron chi connectivity index (χ3n) is 4.37. The zero-order valence-electron chi connectivity index (χ0n) is 11.9. The molecule has 0 radical (unpaired) electrons. The van der Waals surface area contributed by atoms with E-state index >= 15 is 0 Å². The van der Waals surface area contributed by atoms with Crippen molar-refractivity contribution in [1.82, 2.24) is 10.6 Å². The molecule has 1 fully saturated rings. The Bertz CT molecular complexity index is 410. The Kier molecular flexibility index (Phi) is 4.59. The zero-order chi connectivity index (χ0) is 13.7. The van der Waals surface area contributed by atoms with Crippen LogP contribution in [0.3, 0.4) is 0 Å². The fourth-order valence-electron chi connectivity index (χ4n) is 2.82. The Morgan fingerprint density at radius 1 is 1.32 bits per heavy atom. The Morgan fingerprint density at radius 3 is 2.53 bits per heavy atom. The van der Waals surface area contributed by atoms with Gasteiger partial charge in [-0.25, -0.2) is 0 Å². The van der Waals surface area contributed by atoms with Crippen LogP contribution in [0.15, 0.2) is 30.3 Å². The topological polar surface area (TPSA) is 41.1 Å². The quantitative estimate of drug-likeness (QED) is 0.874. The molecule has 1 aliphatic rings. The number of benzene rings is 1. The molecule has 1 atom stereocenters. The molecule has 1 amide bonds. The lowest BCUT2D eigenvalue weighted by Crippen LogP contribution is -2.47. The molecule has 1 heterocycles.